The van der Waals surface area contributed by atoms with Crippen molar-refractivity contribution in [2.75, 3.05) is 25.0 Å². The molecule has 222 valence electrons. The Labute approximate surface area is 230 Å². The van der Waals surface area contributed by atoms with Gasteiger partial charge in [-0.25, -0.2) is 23.9 Å². The molecule has 2 heterocycles. The molecule has 1 aliphatic rings. The van der Waals surface area contributed by atoms with Crippen molar-refractivity contribution in [2.24, 2.45) is 9.98 Å². The first kappa shape index (κ1) is 31.6. The number of amides is 4. The second kappa shape index (κ2) is 13.5. The minimum Gasteiger partial charge on any atom is -0.465 e. The summed E-state index contributed by atoms with van der Waals surface area (Å²) in [5.74, 6) is -0.583. The molecule has 1 aromatic heterocycles. The maximum atomic E-state index is 12.4. The van der Waals surface area contributed by atoms with Crippen LogP contribution in [0.25, 0.3) is 0 Å². The molecule has 0 bridgehead atoms. The molecule has 1 aliphatic heterocycles. The molecule has 2 rings (SSSR count). The number of nitrogens with zero attached hydrogens (tertiary/aromatic N) is 4. The molecule has 1 aromatic rings. The van der Waals surface area contributed by atoms with Gasteiger partial charge in [-0.1, -0.05) is 0 Å². The lowest BCUT2D eigenvalue weighted by atomic mass is 10.0. The van der Waals surface area contributed by atoms with Crippen LogP contribution in [0.4, 0.5) is 25.0 Å². The van der Waals surface area contributed by atoms with Gasteiger partial charge in [0.1, 0.15) is 17.0 Å². The first-order chi connectivity index (χ1) is 18.5. The first-order valence-electron chi connectivity index (χ1n) is 12.4. The summed E-state index contributed by atoms with van der Waals surface area (Å²) in [6.45, 7) is 11.3. The van der Waals surface area contributed by atoms with E-state index in [2.05, 4.69) is 36.4 Å². The number of fused-ring (bicyclic) bond motifs is 1. The van der Waals surface area contributed by atoms with Gasteiger partial charge in [-0.3, -0.25) is 10.6 Å². The van der Waals surface area contributed by atoms with Crippen LogP contribution in [0.5, 0.6) is 0 Å². The van der Waals surface area contributed by atoms with Crippen LogP contribution in [0.3, 0.4) is 0 Å². The molecule has 0 spiro atoms. The van der Waals surface area contributed by atoms with Gasteiger partial charge in [0.15, 0.2) is 0 Å². The molecule has 0 saturated carbocycles. The lowest BCUT2D eigenvalue weighted by molar-refractivity contribution is 0.0560. The highest BCUT2D eigenvalue weighted by Crippen LogP contribution is 2.26. The second-order valence-corrected chi connectivity index (χ2v) is 10.7. The van der Waals surface area contributed by atoms with Crippen molar-refractivity contribution in [3.8, 4) is 0 Å². The van der Waals surface area contributed by atoms with Gasteiger partial charge >= 0.3 is 24.4 Å². The zero-order valence-electron chi connectivity index (χ0n) is 23.3. The molecule has 17 heteroatoms. The van der Waals surface area contributed by atoms with Gasteiger partial charge in [-0.2, -0.15) is 5.10 Å². The van der Waals surface area contributed by atoms with E-state index in [1.54, 1.807) is 52.4 Å². The first-order valence-corrected chi connectivity index (χ1v) is 12.4. The minimum absolute atomic E-state index is 0.0121. The van der Waals surface area contributed by atoms with Crippen molar-refractivity contribution in [3.05, 3.63) is 11.8 Å². The number of carbonyl (C=O) groups is 4. The summed E-state index contributed by atoms with van der Waals surface area (Å²) in [6, 6.07) is 0. The molecule has 0 saturated heterocycles. The third-order valence-corrected chi connectivity index (χ3v) is 4.83. The number of aryl methyl sites for hydroxylation is 1. The quantitative estimate of drug-likeness (QED) is 0.200. The normalized spacial score (nSPS) is 14.7. The van der Waals surface area contributed by atoms with Crippen LogP contribution in [-0.2, 0) is 16.0 Å². The second-order valence-electron chi connectivity index (χ2n) is 10.7. The van der Waals surface area contributed by atoms with E-state index in [4.69, 9.17) is 19.7 Å². The average Bonchev–Trinajstić information content (AvgIpc) is 3.19. The van der Waals surface area contributed by atoms with Gasteiger partial charge in [-0.05, 0) is 48.0 Å². The van der Waals surface area contributed by atoms with Crippen molar-refractivity contribution >= 4 is 42.1 Å². The van der Waals surface area contributed by atoms with Gasteiger partial charge in [0.25, 0.3) is 0 Å². The fraction of sp³-hybridized carbons (Fsp3) is 0.609. The van der Waals surface area contributed by atoms with E-state index in [-0.39, 0.29) is 19.0 Å². The largest absolute Gasteiger partial charge is 0.465 e. The van der Waals surface area contributed by atoms with Crippen LogP contribution in [-0.4, -0.2) is 87.1 Å². The van der Waals surface area contributed by atoms with Crippen LogP contribution in [0, 0.1) is 0 Å². The van der Waals surface area contributed by atoms with Crippen molar-refractivity contribution in [3.63, 3.8) is 0 Å². The van der Waals surface area contributed by atoms with E-state index in [9.17, 15) is 19.2 Å². The lowest BCUT2D eigenvalue weighted by Gasteiger charge is -2.24. The summed E-state index contributed by atoms with van der Waals surface area (Å²) in [7, 11) is 0. The van der Waals surface area contributed by atoms with E-state index in [0.717, 1.165) is 6.42 Å². The topological polar surface area (TPSA) is 230 Å². The number of hydrogen-bond acceptors (Lipinski definition) is 8. The van der Waals surface area contributed by atoms with Gasteiger partial charge in [0.2, 0.25) is 11.9 Å². The summed E-state index contributed by atoms with van der Waals surface area (Å²) in [5.41, 5.74) is -0.976. The third kappa shape index (κ3) is 11.4. The predicted octanol–water partition coefficient (Wildman–Crippen LogP) is 2.08. The Balaban J connectivity index is 2.34. The van der Waals surface area contributed by atoms with Gasteiger partial charge < -0.3 is 35.6 Å². The number of rotatable bonds is 5. The van der Waals surface area contributed by atoms with Gasteiger partial charge in [0, 0.05) is 37.7 Å². The number of ether oxygens (including phenoxy) is 2. The van der Waals surface area contributed by atoms with E-state index >= 15 is 0 Å². The molecule has 17 nitrogen and oxygen atoms in total. The van der Waals surface area contributed by atoms with Crippen molar-refractivity contribution in [1.82, 2.24) is 31.0 Å². The Morgan fingerprint density at radius 2 is 1.60 bits per heavy atom. The number of nitrogens with one attached hydrogen (secondary N) is 5. The van der Waals surface area contributed by atoms with Crippen molar-refractivity contribution in [2.45, 2.75) is 71.6 Å². The lowest BCUT2D eigenvalue weighted by Crippen LogP contribution is -2.47. The van der Waals surface area contributed by atoms with Crippen LogP contribution in [0.2, 0.25) is 0 Å². The molecule has 0 fully saturated rings. The number of carbonyl (C=O) groups excluding carboxylic acids is 2. The standard InChI is InChI=1S/C23H37N9O8/c1-22(2,3)39-20(37)30-17(31-21(38)40-23(4,5)6)26-11-13(10-25-16(28-18(33)34)29-19(35)36)14-12-27-32-9-7-8-24-15(14)32/h12-13,24H,7-11H2,1-6H3,(H,33,34)(H,35,36)(H2,25,28,29)(H2,26,30,31,37,38). The van der Waals surface area contributed by atoms with Gasteiger partial charge in [0.05, 0.1) is 6.20 Å². The monoisotopic (exact) mass is 567 g/mol. The molecule has 1 unspecified atom stereocenters. The molecular weight excluding hydrogens is 530 g/mol. The highest BCUT2D eigenvalue weighted by molar-refractivity contribution is 5.99. The molecule has 0 aromatic carbocycles. The minimum atomic E-state index is -1.61. The number of hydrogen-bond donors (Lipinski definition) is 7. The molecule has 0 radical (unpaired) electrons. The summed E-state index contributed by atoms with van der Waals surface area (Å²) in [5, 5.41) is 35.5. The number of aliphatic imine (C=N–C) groups is 2. The predicted molar refractivity (Wildman–Crippen MR) is 144 cm³/mol. The van der Waals surface area contributed by atoms with Gasteiger partial charge in [-0.15, -0.1) is 9.98 Å². The maximum absolute atomic E-state index is 12.4. The number of alkyl carbamates (subject to hydrolysis) is 1. The smallest absolute Gasteiger partial charge is 0.437 e. The Morgan fingerprint density at radius 3 is 2.15 bits per heavy atom. The summed E-state index contributed by atoms with van der Waals surface area (Å²) >= 11 is 0. The fourth-order valence-electron chi connectivity index (χ4n) is 3.43. The zero-order chi connectivity index (χ0) is 30.1. The summed E-state index contributed by atoms with van der Waals surface area (Å²) < 4.78 is 12.3. The van der Waals surface area contributed by atoms with E-state index in [1.807, 2.05) is 5.32 Å². The average molecular weight is 568 g/mol. The van der Waals surface area contributed by atoms with Crippen LogP contribution < -0.4 is 26.6 Å². The van der Waals surface area contributed by atoms with E-state index in [1.165, 1.54) is 0 Å². The maximum Gasteiger partial charge on any atom is 0.437 e. The number of guanidine groups is 2. The zero-order valence-corrected chi connectivity index (χ0v) is 23.3. The molecule has 4 amide bonds. The van der Waals surface area contributed by atoms with Crippen molar-refractivity contribution in [1.29, 1.82) is 0 Å². The molecular formula is C23H37N9O8. The Kier molecular flexibility index (Phi) is 10.7. The Morgan fingerprint density at radius 1 is 1.00 bits per heavy atom. The fourth-order valence-corrected chi connectivity index (χ4v) is 3.43. The highest BCUT2D eigenvalue weighted by Gasteiger charge is 2.25. The van der Waals surface area contributed by atoms with Crippen LogP contribution in [0.15, 0.2) is 16.2 Å². The molecule has 40 heavy (non-hydrogen) atoms. The highest BCUT2D eigenvalue weighted by atomic mass is 16.6. The Hall–Kier alpha value is -4.57. The molecule has 1 atom stereocenters. The van der Waals surface area contributed by atoms with E-state index in [0.29, 0.717) is 24.5 Å². The third-order valence-electron chi connectivity index (χ3n) is 4.83. The van der Waals surface area contributed by atoms with Crippen LogP contribution in [0.1, 0.15) is 59.4 Å². The SMILES string of the molecule is CC(C)(C)OC(=O)N=C(NCC(CNC(=NC(=O)O)NC(=O)O)c1cnn2c1NCCC2)NC(=O)OC(C)(C)C. The molecule has 0 aliphatic carbocycles. The number of anilines is 1. The summed E-state index contributed by atoms with van der Waals surface area (Å²) in [4.78, 5) is 54.1. The molecule has 7 N–H and O–H groups in total. The number of carboxylic acid groups (broad SMARTS) is 2. The number of aromatic nitrogens is 2. The van der Waals surface area contributed by atoms with Crippen LogP contribution >= 0.6 is 0 Å². The summed E-state index contributed by atoms with van der Waals surface area (Å²) in [6.07, 6.45) is -2.48. The van der Waals surface area contributed by atoms with E-state index < -0.39 is 47.5 Å². The Bertz CT molecular complexity index is 1150. The van der Waals surface area contributed by atoms with Crippen molar-refractivity contribution < 1.29 is 38.9 Å².